The first-order valence-electron chi connectivity index (χ1n) is 8.58. The number of carbonyl (C=O) groups is 2. The van der Waals surface area contributed by atoms with Gasteiger partial charge in [0.15, 0.2) is 0 Å². The second-order valence-electron chi connectivity index (χ2n) is 5.98. The van der Waals surface area contributed by atoms with Gasteiger partial charge < -0.3 is 9.47 Å². The van der Waals surface area contributed by atoms with Crippen molar-refractivity contribution in [2.45, 2.75) is 39.7 Å². The van der Waals surface area contributed by atoms with E-state index in [1.807, 2.05) is 44.2 Å². The lowest BCUT2D eigenvalue weighted by Crippen LogP contribution is -2.29. The Bertz CT molecular complexity index is 698. The Kier molecular flexibility index (Phi) is 7.66. The summed E-state index contributed by atoms with van der Waals surface area (Å²) in [6.07, 6.45) is 2.75. The van der Waals surface area contributed by atoms with Crippen LogP contribution in [0.15, 0.2) is 29.2 Å². The number of rotatable bonds is 8. The maximum Gasteiger partial charge on any atom is 0.305 e. The van der Waals surface area contributed by atoms with Gasteiger partial charge in [-0.3, -0.25) is 14.5 Å². The van der Waals surface area contributed by atoms with Gasteiger partial charge >= 0.3 is 5.97 Å². The number of thioether (sulfide) groups is 1. The predicted octanol–water partition coefficient (Wildman–Crippen LogP) is 4.02. The smallest absolute Gasteiger partial charge is 0.305 e. The fraction of sp³-hybridized carbons (Fsp3) is 0.421. The van der Waals surface area contributed by atoms with Gasteiger partial charge in [-0.05, 0) is 51.0 Å². The minimum absolute atomic E-state index is 0.117. The minimum Gasteiger partial charge on any atom is -0.491 e. The number of thiocarbonyl (C=S) groups is 1. The molecule has 0 bridgehead atoms. The van der Waals surface area contributed by atoms with E-state index in [1.165, 1.54) is 11.8 Å². The molecule has 1 heterocycles. The van der Waals surface area contributed by atoms with Crippen molar-refractivity contribution in [2.75, 3.05) is 13.2 Å². The van der Waals surface area contributed by atoms with Crippen LogP contribution >= 0.6 is 24.0 Å². The number of esters is 1. The first-order valence-corrected chi connectivity index (χ1v) is 9.81. The lowest BCUT2D eigenvalue weighted by Gasteiger charge is -2.13. The van der Waals surface area contributed by atoms with Crippen molar-refractivity contribution in [3.05, 3.63) is 34.7 Å². The molecule has 0 saturated carbocycles. The number of nitrogens with zero attached hydrogens (tertiary/aromatic N) is 1. The summed E-state index contributed by atoms with van der Waals surface area (Å²) in [5, 5.41) is 0. The summed E-state index contributed by atoms with van der Waals surface area (Å²) in [4.78, 5) is 26.1. The van der Waals surface area contributed by atoms with Gasteiger partial charge in [-0.15, -0.1) is 0 Å². The standard InChI is InChI=1S/C19H23NO4S2/c1-4-23-17(21)6-5-11-20-18(22)16(26-19(20)25)12-14-7-9-15(10-8-14)24-13(2)3/h7-10,12-13H,4-6,11H2,1-3H3/b16-12-. The average molecular weight is 394 g/mol. The largest absolute Gasteiger partial charge is 0.491 e. The molecule has 1 aromatic carbocycles. The van der Waals surface area contributed by atoms with Gasteiger partial charge in [-0.2, -0.15) is 0 Å². The zero-order valence-corrected chi connectivity index (χ0v) is 16.8. The monoisotopic (exact) mass is 393 g/mol. The Balaban J connectivity index is 1.96. The highest BCUT2D eigenvalue weighted by molar-refractivity contribution is 8.26. The summed E-state index contributed by atoms with van der Waals surface area (Å²) in [5.74, 6) is 0.423. The fourth-order valence-electron chi connectivity index (χ4n) is 2.37. The summed E-state index contributed by atoms with van der Waals surface area (Å²) in [5.41, 5.74) is 0.910. The van der Waals surface area contributed by atoms with Gasteiger partial charge in [0.05, 0.1) is 17.6 Å². The molecule has 0 spiro atoms. The Morgan fingerprint density at radius 1 is 1.31 bits per heavy atom. The molecular formula is C19H23NO4S2. The number of hydrogen-bond donors (Lipinski definition) is 0. The number of hydrogen-bond acceptors (Lipinski definition) is 6. The zero-order chi connectivity index (χ0) is 19.1. The van der Waals surface area contributed by atoms with Crippen LogP contribution in [-0.4, -0.2) is 40.4 Å². The number of amides is 1. The first kappa shape index (κ1) is 20.5. The second-order valence-corrected chi connectivity index (χ2v) is 7.65. The van der Waals surface area contributed by atoms with Crippen LogP contribution in [0.2, 0.25) is 0 Å². The highest BCUT2D eigenvalue weighted by Crippen LogP contribution is 2.33. The summed E-state index contributed by atoms with van der Waals surface area (Å²) < 4.78 is 11.0. The summed E-state index contributed by atoms with van der Waals surface area (Å²) >= 11 is 6.58. The van der Waals surface area contributed by atoms with E-state index in [-0.39, 0.29) is 24.4 Å². The van der Waals surface area contributed by atoms with Gasteiger partial charge in [0.1, 0.15) is 10.1 Å². The third-order valence-corrected chi connectivity index (χ3v) is 4.87. The van der Waals surface area contributed by atoms with Crippen molar-refractivity contribution in [1.29, 1.82) is 0 Å². The molecule has 1 aliphatic rings. The van der Waals surface area contributed by atoms with Gasteiger partial charge in [0.25, 0.3) is 5.91 Å². The Labute approximate surface area is 163 Å². The molecule has 26 heavy (non-hydrogen) atoms. The van der Waals surface area contributed by atoms with E-state index >= 15 is 0 Å². The van der Waals surface area contributed by atoms with Gasteiger partial charge in [0, 0.05) is 13.0 Å². The Hall–Kier alpha value is -1.86. The van der Waals surface area contributed by atoms with Crippen LogP contribution in [0.3, 0.4) is 0 Å². The third kappa shape index (κ3) is 5.85. The molecule has 2 rings (SSSR count). The van der Waals surface area contributed by atoms with E-state index < -0.39 is 0 Å². The average Bonchev–Trinajstić information content (AvgIpc) is 2.84. The van der Waals surface area contributed by atoms with E-state index in [4.69, 9.17) is 21.7 Å². The fourth-order valence-corrected chi connectivity index (χ4v) is 3.68. The van der Waals surface area contributed by atoms with Crippen molar-refractivity contribution in [2.24, 2.45) is 0 Å². The molecule has 0 radical (unpaired) electrons. The molecule has 7 heteroatoms. The second kappa shape index (κ2) is 9.73. The topological polar surface area (TPSA) is 55.8 Å². The van der Waals surface area contributed by atoms with E-state index in [9.17, 15) is 9.59 Å². The van der Waals surface area contributed by atoms with Crippen LogP contribution in [-0.2, 0) is 14.3 Å². The maximum atomic E-state index is 12.5. The maximum absolute atomic E-state index is 12.5. The summed E-state index contributed by atoms with van der Waals surface area (Å²) in [6.45, 7) is 6.50. The molecular weight excluding hydrogens is 370 g/mol. The molecule has 1 aromatic rings. The molecule has 1 saturated heterocycles. The van der Waals surface area contributed by atoms with Crippen LogP contribution < -0.4 is 4.74 Å². The molecule has 0 atom stereocenters. The van der Waals surface area contributed by atoms with Crippen molar-refractivity contribution in [1.82, 2.24) is 4.90 Å². The Morgan fingerprint density at radius 2 is 2.00 bits per heavy atom. The molecule has 1 amide bonds. The molecule has 1 fully saturated rings. The minimum atomic E-state index is -0.253. The molecule has 0 N–H and O–H groups in total. The van der Waals surface area contributed by atoms with Gasteiger partial charge in [0.2, 0.25) is 0 Å². The highest BCUT2D eigenvalue weighted by atomic mass is 32.2. The third-order valence-electron chi connectivity index (χ3n) is 3.49. The van der Waals surface area contributed by atoms with E-state index in [0.717, 1.165) is 11.3 Å². The van der Waals surface area contributed by atoms with Crippen LogP contribution in [0.25, 0.3) is 6.08 Å². The molecule has 0 aromatic heterocycles. The van der Waals surface area contributed by atoms with Crippen LogP contribution in [0.1, 0.15) is 39.2 Å². The normalized spacial score (nSPS) is 15.8. The quantitative estimate of drug-likeness (QED) is 0.378. The SMILES string of the molecule is CCOC(=O)CCCN1C(=O)/C(=C/c2ccc(OC(C)C)cc2)SC1=S. The number of benzene rings is 1. The molecule has 5 nitrogen and oxygen atoms in total. The van der Waals surface area contributed by atoms with Crippen molar-refractivity contribution in [3.8, 4) is 5.75 Å². The Morgan fingerprint density at radius 3 is 2.62 bits per heavy atom. The lowest BCUT2D eigenvalue weighted by molar-refractivity contribution is -0.143. The van der Waals surface area contributed by atoms with Gasteiger partial charge in [-0.1, -0.05) is 36.1 Å². The lowest BCUT2D eigenvalue weighted by atomic mass is 10.2. The van der Waals surface area contributed by atoms with E-state index in [2.05, 4.69) is 0 Å². The summed E-state index contributed by atoms with van der Waals surface area (Å²) in [7, 11) is 0. The van der Waals surface area contributed by atoms with Gasteiger partial charge in [-0.25, -0.2) is 0 Å². The predicted molar refractivity (Wildman–Crippen MR) is 108 cm³/mol. The summed E-state index contributed by atoms with van der Waals surface area (Å²) in [6, 6.07) is 7.58. The van der Waals surface area contributed by atoms with Crippen molar-refractivity contribution < 1.29 is 19.1 Å². The zero-order valence-electron chi connectivity index (χ0n) is 15.2. The number of ether oxygens (including phenoxy) is 2. The van der Waals surface area contributed by atoms with Crippen molar-refractivity contribution >= 4 is 46.3 Å². The van der Waals surface area contributed by atoms with E-state index in [1.54, 1.807) is 11.8 Å². The molecule has 140 valence electrons. The van der Waals surface area contributed by atoms with Crippen LogP contribution in [0.4, 0.5) is 0 Å². The molecule has 0 aliphatic carbocycles. The number of carbonyl (C=O) groups excluding carboxylic acids is 2. The van der Waals surface area contributed by atoms with Crippen LogP contribution in [0, 0.1) is 0 Å². The first-order chi connectivity index (χ1) is 12.4. The van der Waals surface area contributed by atoms with Crippen molar-refractivity contribution in [3.63, 3.8) is 0 Å². The highest BCUT2D eigenvalue weighted by Gasteiger charge is 2.31. The van der Waals surface area contributed by atoms with E-state index in [0.29, 0.717) is 28.8 Å². The molecule has 1 aliphatic heterocycles. The van der Waals surface area contributed by atoms with Crippen LogP contribution in [0.5, 0.6) is 5.75 Å². The molecule has 0 unspecified atom stereocenters.